The van der Waals surface area contributed by atoms with E-state index in [1.807, 2.05) is 70.8 Å². The van der Waals surface area contributed by atoms with Crippen LogP contribution in [0, 0.1) is 23.2 Å². The van der Waals surface area contributed by atoms with Crippen molar-refractivity contribution in [1.82, 2.24) is 25.2 Å². The highest BCUT2D eigenvalue weighted by Crippen LogP contribution is 2.43. The third-order valence-corrected chi connectivity index (χ3v) is 12.3. The Morgan fingerprint density at radius 2 is 1.90 bits per heavy atom. The van der Waals surface area contributed by atoms with Crippen molar-refractivity contribution in [1.29, 1.82) is 5.26 Å². The molecular weight excluding hydrogens is 782 g/mol. The molecule has 1 aliphatic carbocycles. The number of amides is 1. The number of hydrogen-bond donors (Lipinski definition) is 1. The highest BCUT2D eigenvalue weighted by molar-refractivity contribution is 7.18. The van der Waals surface area contributed by atoms with Gasteiger partial charge < -0.3 is 9.64 Å². The number of anilines is 2. The lowest BCUT2D eigenvalue weighted by molar-refractivity contribution is -0.127. The summed E-state index contributed by atoms with van der Waals surface area (Å²) in [5, 5.41) is 14.7. The van der Waals surface area contributed by atoms with Crippen LogP contribution in [0.4, 0.5) is 20.3 Å². The van der Waals surface area contributed by atoms with Crippen LogP contribution in [0.1, 0.15) is 92.1 Å². The number of rotatable bonds is 6. The van der Waals surface area contributed by atoms with Crippen LogP contribution in [-0.4, -0.2) is 87.5 Å². The summed E-state index contributed by atoms with van der Waals surface area (Å²) in [4.78, 5) is 42.6. The molecule has 3 aliphatic heterocycles. The summed E-state index contributed by atoms with van der Waals surface area (Å²) in [5.74, 6) is 4.08. The minimum absolute atomic E-state index is 0.00498. The topological polar surface area (TPSA) is 118 Å². The van der Waals surface area contributed by atoms with E-state index in [-0.39, 0.29) is 48.5 Å². The molecule has 6 heterocycles. The fourth-order valence-corrected chi connectivity index (χ4v) is 9.37. The monoisotopic (exact) mass is 824 g/mol. The van der Waals surface area contributed by atoms with Gasteiger partial charge in [-0.15, -0.1) is 11.3 Å². The maximum absolute atomic E-state index is 14.6. The average molecular weight is 825 g/mol. The van der Waals surface area contributed by atoms with Gasteiger partial charge in [0, 0.05) is 78.4 Å². The van der Waals surface area contributed by atoms with Crippen molar-refractivity contribution in [2.75, 3.05) is 36.6 Å². The van der Waals surface area contributed by atoms with Crippen LogP contribution in [0.15, 0.2) is 53.9 Å². The zero-order chi connectivity index (χ0) is 41.3. The molecule has 300 valence electrons. The number of benzene rings is 1. The summed E-state index contributed by atoms with van der Waals surface area (Å²) in [7, 11) is 1.88. The second kappa shape index (κ2) is 14.6. The number of hydrogen-bond acceptors (Lipinski definition) is 11. The SMILES string of the molecule is CN(c1ncc2c(c1C#N)C(=O)N(CC#Cc1ccc(Cl)cc1-c1ccnc3c(C(=O)OC(C)(C)C)csc13)C1=CC(C)(C)NN12)C1CCN(C2CC(F)(F)C2)CC1. The lowest BCUT2D eigenvalue weighted by Gasteiger charge is -2.46. The molecule has 1 saturated carbocycles. The fraction of sp³-hybridized carbons (Fsp3) is 0.419. The summed E-state index contributed by atoms with van der Waals surface area (Å²) < 4.78 is 33.6. The zero-order valence-electron chi connectivity index (χ0n) is 33.1. The van der Waals surface area contributed by atoms with Gasteiger partial charge in [0.25, 0.3) is 11.8 Å². The Morgan fingerprint density at radius 3 is 2.59 bits per heavy atom. The normalized spacial score (nSPS) is 19.1. The highest BCUT2D eigenvalue weighted by atomic mass is 35.5. The Morgan fingerprint density at radius 1 is 1.16 bits per heavy atom. The van der Waals surface area contributed by atoms with Crippen molar-refractivity contribution >= 4 is 56.5 Å². The van der Waals surface area contributed by atoms with E-state index in [4.69, 9.17) is 21.3 Å². The van der Waals surface area contributed by atoms with Gasteiger partial charge in [-0.05, 0) is 77.8 Å². The van der Waals surface area contributed by atoms with Crippen LogP contribution < -0.4 is 15.3 Å². The number of ether oxygens (including phenoxy) is 1. The van der Waals surface area contributed by atoms with Crippen LogP contribution in [0.2, 0.25) is 5.02 Å². The first-order chi connectivity index (χ1) is 27.4. The van der Waals surface area contributed by atoms with Crippen LogP contribution in [0.5, 0.6) is 0 Å². The summed E-state index contributed by atoms with van der Waals surface area (Å²) in [6, 6.07) is 9.48. The Balaban J connectivity index is 1.09. The van der Waals surface area contributed by atoms with E-state index in [0.717, 1.165) is 28.7 Å². The first kappa shape index (κ1) is 39.7. The predicted molar refractivity (Wildman–Crippen MR) is 221 cm³/mol. The second-order valence-corrected chi connectivity index (χ2v) is 18.2. The second-order valence-electron chi connectivity index (χ2n) is 16.9. The number of halogens is 3. The molecule has 0 bridgehead atoms. The summed E-state index contributed by atoms with van der Waals surface area (Å²) in [6.45, 7) is 10.8. The number of likely N-dealkylation sites (tertiary alicyclic amines) is 1. The fourth-order valence-electron chi connectivity index (χ4n) is 8.17. The van der Waals surface area contributed by atoms with Crippen molar-refractivity contribution in [2.45, 2.75) is 89.4 Å². The Hall–Kier alpha value is -5.12. The van der Waals surface area contributed by atoms with Gasteiger partial charge in [-0.3, -0.25) is 24.6 Å². The van der Waals surface area contributed by atoms with E-state index < -0.39 is 23.0 Å². The van der Waals surface area contributed by atoms with Gasteiger partial charge in [-0.25, -0.2) is 24.0 Å². The van der Waals surface area contributed by atoms with Crippen LogP contribution in [-0.2, 0) is 4.74 Å². The maximum Gasteiger partial charge on any atom is 0.341 e. The Bertz CT molecular complexity index is 2480. The predicted octanol–water partition coefficient (Wildman–Crippen LogP) is 7.99. The lowest BCUT2D eigenvalue weighted by atomic mass is 9.85. The molecule has 1 N–H and O–H groups in total. The van der Waals surface area contributed by atoms with Crippen molar-refractivity contribution < 1.29 is 23.1 Å². The quantitative estimate of drug-likeness (QED) is 0.152. The minimum atomic E-state index is -2.57. The summed E-state index contributed by atoms with van der Waals surface area (Å²) in [6.07, 6.45) is 6.48. The largest absolute Gasteiger partial charge is 0.456 e. The van der Waals surface area contributed by atoms with E-state index in [0.29, 0.717) is 52.1 Å². The minimum Gasteiger partial charge on any atom is -0.456 e. The molecule has 1 amide bonds. The van der Waals surface area contributed by atoms with E-state index in [1.54, 1.807) is 33.7 Å². The average Bonchev–Trinajstić information content (AvgIpc) is 3.74. The molecule has 1 aromatic carbocycles. The molecule has 4 aliphatic rings. The number of nitriles is 1. The van der Waals surface area contributed by atoms with Gasteiger partial charge in [-0.2, -0.15) is 5.26 Å². The first-order valence-electron chi connectivity index (χ1n) is 19.2. The van der Waals surface area contributed by atoms with Crippen molar-refractivity contribution in [3.8, 4) is 29.0 Å². The highest BCUT2D eigenvalue weighted by Gasteiger charge is 2.48. The van der Waals surface area contributed by atoms with Crippen LogP contribution in [0.25, 0.3) is 21.3 Å². The van der Waals surface area contributed by atoms with Gasteiger partial charge in [-0.1, -0.05) is 23.4 Å². The molecular formula is C43H43ClF2N8O3S. The number of nitrogens with one attached hydrogen (secondary N) is 1. The van der Waals surface area contributed by atoms with Gasteiger partial charge >= 0.3 is 5.97 Å². The molecule has 58 heavy (non-hydrogen) atoms. The Labute approximate surface area is 345 Å². The number of carbonyl (C=O) groups excluding carboxylic acids is 2. The number of carbonyl (C=O) groups is 2. The third-order valence-electron chi connectivity index (χ3n) is 11.0. The standard InChI is InChI=1S/C43H43ClF2N8O3S/c1-41(2,3)57-40(56)32-24-58-37-29(11-14-48-36(32)37)30-18-26(44)10-9-25(30)8-7-15-53-34-21-42(4,5)50-54(34)33-23-49-38(31(22-47)35(33)39(53)55)51(6)27-12-16-52(17-13-27)28-19-43(45,46)20-28/h9-11,14,18,21,23-24,27-28,50H,12-13,15-17,19-20H2,1-6H3. The summed E-state index contributed by atoms with van der Waals surface area (Å²) >= 11 is 7.92. The van der Waals surface area contributed by atoms with E-state index >= 15 is 0 Å². The molecule has 0 spiro atoms. The van der Waals surface area contributed by atoms with E-state index in [9.17, 15) is 23.6 Å². The lowest BCUT2D eigenvalue weighted by Crippen LogP contribution is -2.55. The van der Waals surface area contributed by atoms with E-state index in [2.05, 4.69) is 33.2 Å². The smallest absolute Gasteiger partial charge is 0.341 e. The van der Waals surface area contributed by atoms with Crippen molar-refractivity contribution in [3.05, 3.63) is 81.2 Å². The number of fused-ring (bicyclic) bond motifs is 4. The molecule has 8 rings (SSSR count). The number of esters is 1. The zero-order valence-corrected chi connectivity index (χ0v) is 34.7. The van der Waals surface area contributed by atoms with Gasteiger partial charge in [0.2, 0.25) is 0 Å². The van der Waals surface area contributed by atoms with Crippen LogP contribution in [0.3, 0.4) is 0 Å². The first-order valence-corrected chi connectivity index (χ1v) is 20.5. The van der Waals surface area contributed by atoms with Gasteiger partial charge in [0.1, 0.15) is 28.9 Å². The number of pyridine rings is 2. The van der Waals surface area contributed by atoms with Gasteiger partial charge in [0.05, 0.1) is 45.3 Å². The number of aromatic nitrogens is 2. The Kier molecular flexibility index (Phi) is 10.00. The molecule has 15 heteroatoms. The van der Waals surface area contributed by atoms with Crippen LogP contribution >= 0.6 is 22.9 Å². The molecule has 0 radical (unpaired) electrons. The maximum atomic E-state index is 14.6. The number of hydrazine groups is 1. The summed E-state index contributed by atoms with van der Waals surface area (Å²) in [5.41, 5.74) is 6.22. The van der Waals surface area contributed by atoms with Crippen molar-refractivity contribution in [3.63, 3.8) is 0 Å². The molecule has 2 fully saturated rings. The molecule has 3 aromatic heterocycles. The molecule has 0 unspecified atom stereocenters. The number of alkyl halides is 2. The van der Waals surface area contributed by atoms with E-state index in [1.165, 1.54) is 11.3 Å². The molecule has 4 aromatic rings. The number of nitrogens with zero attached hydrogens (tertiary/aromatic N) is 7. The molecule has 1 saturated heterocycles. The van der Waals surface area contributed by atoms with Gasteiger partial charge in [0.15, 0.2) is 0 Å². The third kappa shape index (κ3) is 7.39. The number of thiophene rings is 1. The number of piperidine rings is 1. The molecule has 11 nitrogen and oxygen atoms in total. The van der Waals surface area contributed by atoms with Crippen molar-refractivity contribution in [2.24, 2.45) is 0 Å². The molecule has 0 atom stereocenters.